The second kappa shape index (κ2) is 8.67. The molecule has 3 aromatic carbocycles. The van der Waals surface area contributed by atoms with E-state index in [0.717, 1.165) is 43.4 Å². The number of nitrogens with zero attached hydrogens (tertiary/aromatic N) is 2. The molecule has 4 rings (SSSR count). The number of rotatable bonds is 5. The van der Waals surface area contributed by atoms with Crippen molar-refractivity contribution in [1.82, 2.24) is 9.99 Å². The van der Waals surface area contributed by atoms with E-state index in [0.29, 0.717) is 0 Å². The van der Waals surface area contributed by atoms with Gasteiger partial charge < -0.3 is 4.57 Å². The lowest BCUT2D eigenvalue weighted by Gasteiger charge is -2.09. The Hall–Kier alpha value is -3.18. The molecule has 4 aromatic rings. The number of aryl methyl sites for hydroxylation is 1. The molecule has 150 valence electrons. The molecule has 0 fully saturated rings. The second-order valence-electron chi connectivity index (χ2n) is 7.25. The molecule has 0 atom stereocenters. The van der Waals surface area contributed by atoms with Crippen LogP contribution in [0.15, 0.2) is 82.4 Å². The predicted molar refractivity (Wildman–Crippen MR) is 126 cm³/mol. The highest BCUT2D eigenvalue weighted by molar-refractivity contribution is 9.10. The fraction of sp³-hybridized carbons (Fsp3) is 0.120. The number of hydrogen-bond donors (Lipinski definition) is 1. The van der Waals surface area contributed by atoms with E-state index in [1.165, 1.54) is 0 Å². The first-order valence-electron chi connectivity index (χ1n) is 9.76. The summed E-state index contributed by atoms with van der Waals surface area (Å²) in [5, 5.41) is 6.42. The van der Waals surface area contributed by atoms with E-state index in [-0.39, 0.29) is 12.3 Å². The minimum absolute atomic E-state index is 0.135. The van der Waals surface area contributed by atoms with E-state index in [1.807, 2.05) is 49.4 Å². The Bertz CT molecular complexity index is 1230. The number of amides is 1. The van der Waals surface area contributed by atoms with Crippen LogP contribution in [0.3, 0.4) is 0 Å². The topological polar surface area (TPSA) is 46.4 Å². The Labute approximate surface area is 184 Å². The maximum absolute atomic E-state index is 12.4. The van der Waals surface area contributed by atoms with Gasteiger partial charge in [0.25, 0.3) is 0 Å². The van der Waals surface area contributed by atoms with Gasteiger partial charge in [-0.3, -0.25) is 4.79 Å². The number of hydrogen-bond acceptors (Lipinski definition) is 2. The SMILES string of the molecule is Cc1cc(/C=N/NC(=O)Cc2cccc3ccccc23)c(C)n1-c1ccc(Br)cc1. The highest BCUT2D eigenvalue weighted by Crippen LogP contribution is 2.22. The smallest absolute Gasteiger partial charge is 0.244 e. The van der Waals surface area contributed by atoms with Crippen LogP contribution in [-0.4, -0.2) is 16.7 Å². The number of benzene rings is 3. The van der Waals surface area contributed by atoms with Gasteiger partial charge in [0.05, 0.1) is 12.6 Å². The molecule has 5 heteroatoms. The number of carbonyl (C=O) groups excluding carboxylic acids is 1. The lowest BCUT2D eigenvalue weighted by atomic mass is 10.0. The second-order valence-corrected chi connectivity index (χ2v) is 8.16. The van der Waals surface area contributed by atoms with Crippen molar-refractivity contribution in [2.24, 2.45) is 5.10 Å². The van der Waals surface area contributed by atoms with Crippen LogP contribution >= 0.6 is 15.9 Å². The fourth-order valence-corrected chi connectivity index (χ4v) is 4.00. The van der Waals surface area contributed by atoms with Crippen LogP contribution in [0.5, 0.6) is 0 Å². The van der Waals surface area contributed by atoms with Gasteiger partial charge in [-0.05, 0) is 60.5 Å². The molecule has 0 spiro atoms. The third-order valence-electron chi connectivity index (χ3n) is 5.18. The summed E-state index contributed by atoms with van der Waals surface area (Å²) in [5.74, 6) is -0.135. The molecule has 0 unspecified atom stereocenters. The highest BCUT2D eigenvalue weighted by atomic mass is 79.9. The van der Waals surface area contributed by atoms with Gasteiger partial charge >= 0.3 is 0 Å². The van der Waals surface area contributed by atoms with Gasteiger partial charge in [-0.15, -0.1) is 0 Å². The molecule has 1 heterocycles. The maximum Gasteiger partial charge on any atom is 0.244 e. The fourth-order valence-electron chi connectivity index (χ4n) is 3.74. The number of hydrazone groups is 1. The molecular formula is C25H22BrN3O. The lowest BCUT2D eigenvalue weighted by molar-refractivity contribution is -0.120. The van der Waals surface area contributed by atoms with Crippen LogP contribution in [0.1, 0.15) is 22.5 Å². The Morgan fingerprint density at radius 1 is 1.03 bits per heavy atom. The van der Waals surface area contributed by atoms with Crippen LogP contribution in [-0.2, 0) is 11.2 Å². The van der Waals surface area contributed by atoms with Gasteiger partial charge in [-0.1, -0.05) is 58.4 Å². The number of aromatic nitrogens is 1. The summed E-state index contributed by atoms with van der Waals surface area (Å²) in [6.45, 7) is 4.11. The Morgan fingerprint density at radius 3 is 2.57 bits per heavy atom. The van der Waals surface area contributed by atoms with E-state index in [1.54, 1.807) is 6.21 Å². The van der Waals surface area contributed by atoms with Crippen molar-refractivity contribution in [3.63, 3.8) is 0 Å². The van der Waals surface area contributed by atoms with Crippen molar-refractivity contribution in [3.05, 3.63) is 99.8 Å². The molecule has 0 radical (unpaired) electrons. The molecule has 30 heavy (non-hydrogen) atoms. The van der Waals surface area contributed by atoms with Crippen LogP contribution in [0.25, 0.3) is 16.5 Å². The third-order valence-corrected chi connectivity index (χ3v) is 5.71. The largest absolute Gasteiger partial charge is 0.318 e. The summed E-state index contributed by atoms with van der Waals surface area (Å²) in [5.41, 5.74) is 7.90. The molecule has 0 saturated carbocycles. The summed E-state index contributed by atoms with van der Waals surface area (Å²) in [6, 6.07) is 24.3. The molecule has 0 aliphatic rings. The average molecular weight is 460 g/mol. The number of halogens is 1. The van der Waals surface area contributed by atoms with Crippen LogP contribution in [0, 0.1) is 13.8 Å². The Balaban J connectivity index is 1.47. The van der Waals surface area contributed by atoms with Crippen LogP contribution < -0.4 is 5.43 Å². The van der Waals surface area contributed by atoms with Gasteiger partial charge in [0.2, 0.25) is 5.91 Å². The first-order valence-corrected chi connectivity index (χ1v) is 10.6. The summed E-state index contributed by atoms with van der Waals surface area (Å²) < 4.78 is 3.22. The van der Waals surface area contributed by atoms with Crippen LogP contribution in [0.2, 0.25) is 0 Å². The van der Waals surface area contributed by atoms with Gasteiger partial charge in [-0.2, -0.15) is 5.10 Å². The van der Waals surface area contributed by atoms with Crippen molar-refractivity contribution < 1.29 is 4.79 Å². The molecule has 1 amide bonds. The van der Waals surface area contributed by atoms with Crippen molar-refractivity contribution in [2.45, 2.75) is 20.3 Å². The zero-order valence-electron chi connectivity index (χ0n) is 16.9. The summed E-state index contributed by atoms with van der Waals surface area (Å²) >= 11 is 3.47. The zero-order valence-corrected chi connectivity index (χ0v) is 18.5. The van der Waals surface area contributed by atoms with Crippen molar-refractivity contribution >= 4 is 38.8 Å². The predicted octanol–water partition coefficient (Wildman–Crippen LogP) is 5.70. The van der Waals surface area contributed by atoms with Gasteiger partial charge in [0.15, 0.2) is 0 Å². The summed E-state index contributed by atoms with van der Waals surface area (Å²) in [7, 11) is 0. The monoisotopic (exact) mass is 459 g/mol. The molecule has 0 aliphatic carbocycles. The van der Waals surface area contributed by atoms with E-state index >= 15 is 0 Å². The standard InChI is InChI=1S/C25H22BrN3O/c1-17-14-21(18(2)29(17)23-12-10-22(26)11-13-23)16-27-28-25(30)15-20-8-5-7-19-6-3-4-9-24(19)20/h3-14,16H,15H2,1-2H3,(H,28,30)/b27-16+. The van der Waals surface area contributed by atoms with E-state index in [2.05, 4.69) is 68.3 Å². The maximum atomic E-state index is 12.4. The minimum atomic E-state index is -0.135. The normalized spacial score (nSPS) is 11.3. The number of carbonyl (C=O) groups is 1. The van der Waals surface area contributed by atoms with E-state index in [9.17, 15) is 4.79 Å². The summed E-state index contributed by atoms with van der Waals surface area (Å²) in [4.78, 5) is 12.4. The molecular weight excluding hydrogens is 438 g/mol. The van der Waals surface area contributed by atoms with E-state index in [4.69, 9.17) is 0 Å². The number of fused-ring (bicyclic) bond motifs is 1. The molecule has 1 N–H and O–H groups in total. The Morgan fingerprint density at radius 2 is 1.77 bits per heavy atom. The first-order chi connectivity index (χ1) is 14.5. The number of nitrogens with one attached hydrogen (secondary N) is 1. The van der Waals surface area contributed by atoms with Gasteiger partial charge in [-0.25, -0.2) is 5.43 Å². The van der Waals surface area contributed by atoms with Crippen molar-refractivity contribution in [3.8, 4) is 5.69 Å². The molecule has 0 bridgehead atoms. The quantitative estimate of drug-likeness (QED) is 0.301. The van der Waals surface area contributed by atoms with E-state index < -0.39 is 0 Å². The zero-order chi connectivity index (χ0) is 21.1. The molecule has 4 nitrogen and oxygen atoms in total. The highest BCUT2D eigenvalue weighted by Gasteiger charge is 2.10. The van der Waals surface area contributed by atoms with Crippen LogP contribution in [0.4, 0.5) is 0 Å². The van der Waals surface area contributed by atoms with Crippen molar-refractivity contribution in [2.75, 3.05) is 0 Å². The van der Waals surface area contributed by atoms with Gasteiger partial charge in [0.1, 0.15) is 0 Å². The molecule has 0 aliphatic heterocycles. The Kier molecular flexibility index (Phi) is 5.81. The average Bonchev–Trinajstić information content (AvgIpc) is 3.02. The third kappa shape index (κ3) is 4.21. The lowest BCUT2D eigenvalue weighted by Crippen LogP contribution is -2.19. The van der Waals surface area contributed by atoms with Gasteiger partial charge in [0, 0.05) is 27.1 Å². The molecule has 1 aromatic heterocycles. The summed E-state index contributed by atoms with van der Waals surface area (Å²) in [6.07, 6.45) is 2.00. The minimum Gasteiger partial charge on any atom is -0.318 e. The first kappa shape index (κ1) is 20.1. The molecule has 0 saturated heterocycles. The van der Waals surface area contributed by atoms with Crippen molar-refractivity contribution in [1.29, 1.82) is 0 Å².